The number of ether oxygens (including phenoxy) is 1. The second-order valence-electron chi connectivity index (χ2n) is 5.49. The maximum atomic E-state index is 6.22. The Morgan fingerprint density at radius 2 is 1.62 bits per heavy atom. The van der Waals surface area contributed by atoms with Crippen molar-refractivity contribution in [2.24, 2.45) is 0 Å². The summed E-state index contributed by atoms with van der Waals surface area (Å²) < 4.78 is 7.28. The average molecular weight is 348 g/mol. The lowest BCUT2D eigenvalue weighted by atomic mass is 10.0. The third-order valence-electron chi connectivity index (χ3n) is 3.63. The van der Waals surface area contributed by atoms with Gasteiger partial charge in [0, 0.05) is 16.1 Å². The van der Waals surface area contributed by atoms with Gasteiger partial charge < -0.3 is 10.1 Å². The Bertz CT molecular complexity index is 610. The summed E-state index contributed by atoms with van der Waals surface area (Å²) in [6.45, 7) is 6.49. The summed E-state index contributed by atoms with van der Waals surface area (Å²) in [4.78, 5) is 0. The molecule has 0 bridgehead atoms. The van der Waals surface area contributed by atoms with Crippen LogP contribution in [0.1, 0.15) is 43.9 Å². The molecule has 1 unspecified atom stereocenters. The molecule has 112 valence electrons. The standard InChI is InChI=1S/C18H22BrNO/c1-12(2)15-7-5-6-8-17(15)21-18-10-9-14(19)11-16(18)13(3)20-4/h5-13,20H,1-4H3. The summed E-state index contributed by atoms with van der Waals surface area (Å²) >= 11 is 3.53. The zero-order valence-electron chi connectivity index (χ0n) is 13.0. The van der Waals surface area contributed by atoms with Gasteiger partial charge in [-0.3, -0.25) is 0 Å². The van der Waals surface area contributed by atoms with Crippen LogP contribution in [0.15, 0.2) is 46.9 Å². The van der Waals surface area contributed by atoms with Crippen molar-refractivity contribution in [3.05, 3.63) is 58.1 Å². The van der Waals surface area contributed by atoms with Gasteiger partial charge in [0.2, 0.25) is 0 Å². The molecule has 0 aliphatic carbocycles. The van der Waals surface area contributed by atoms with Gasteiger partial charge in [0.25, 0.3) is 0 Å². The fourth-order valence-corrected chi connectivity index (χ4v) is 2.65. The van der Waals surface area contributed by atoms with Crippen molar-refractivity contribution in [3.8, 4) is 11.5 Å². The van der Waals surface area contributed by atoms with Gasteiger partial charge in [0.1, 0.15) is 11.5 Å². The third kappa shape index (κ3) is 3.86. The van der Waals surface area contributed by atoms with E-state index in [0.717, 1.165) is 21.5 Å². The van der Waals surface area contributed by atoms with Gasteiger partial charge in [-0.15, -0.1) is 0 Å². The van der Waals surface area contributed by atoms with Gasteiger partial charge >= 0.3 is 0 Å². The van der Waals surface area contributed by atoms with Crippen LogP contribution in [0.2, 0.25) is 0 Å². The predicted molar refractivity (Wildman–Crippen MR) is 92.2 cm³/mol. The van der Waals surface area contributed by atoms with E-state index in [2.05, 4.69) is 60.2 Å². The molecular weight excluding hydrogens is 326 g/mol. The van der Waals surface area contributed by atoms with Gasteiger partial charge in [0.15, 0.2) is 0 Å². The fourth-order valence-electron chi connectivity index (χ4n) is 2.28. The maximum Gasteiger partial charge on any atom is 0.132 e. The molecule has 2 aromatic carbocycles. The molecule has 0 amide bonds. The highest BCUT2D eigenvalue weighted by atomic mass is 79.9. The number of para-hydroxylation sites is 1. The molecule has 0 aromatic heterocycles. The Kier molecular flexibility index (Phi) is 5.43. The van der Waals surface area contributed by atoms with Gasteiger partial charge in [-0.2, -0.15) is 0 Å². The number of rotatable bonds is 5. The Balaban J connectivity index is 2.40. The van der Waals surface area contributed by atoms with E-state index in [9.17, 15) is 0 Å². The summed E-state index contributed by atoms with van der Waals surface area (Å²) in [5, 5.41) is 3.27. The molecule has 2 nitrogen and oxygen atoms in total. The first-order valence-electron chi connectivity index (χ1n) is 7.26. The lowest BCUT2D eigenvalue weighted by molar-refractivity contribution is 0.458. The van der Waals surface area contributed by atoms with Gasteiger partial charge in [-0.05, 0) is 49.7 Å². The van der Waals surface area contributed by atoms with E-state index in [0.29, 0.717) is 5.92 Å². The summed E-state index contributed by atoms with van der Waals surface area (Å²) in [6.07, 6.45) is 0. The van der Waals surface area contributed by atoms with Crippen molar-refractivity contribution in [1.29, 1.82) is 0 Å². The minimum atomic E-state index is 0.226. The van der Waals surface area contributed by atoms with Crippen molar-refractivity contribution in [1.82, 2.24) is 5.32 Å². The second kappa shape index (κ2) is 7.10. The SMILES string of the molecule is CNC(C)c1cc(Br)ccc1Oc1ccccc1C(C)C. The van der Waals surface area contributed by atoms with Gasteiger partial charge in [-0.1, -0.05) is 48.0 Å². The molecule has 1 N–H and O–H groups in total. The zero-order valence-corrected chi connectivity index (χ0v) is 14.6. The molecule has 3 heteroatoms. The normalized spacial score (nSPS) is 12.5. The first-order valence-corrected chi connectivity index (χ1v) is 8.05. The third-order valence-corrected chi connectivity index (χ3v) is 4.13. The number of halogens is 1. The van der Waals surface area contributed by atoms with Crippen LogP contribution in [-0.4, -0.2) is 7.05 Å². The number of hydrogen-bond donors (Lipinski definition) is 1. The Morgan fingerprint density at radius 1 is 0.952 bits per heavy atom. The molecule has 0 aliphatic heterocycles. The van der Waals surface area contributed by atoms with Crippen molar-refractivity contribution >= 4 is 15.9 Å². The van der Waals surface area contributed by atoms with Crippen molar-refractivity contribution < 1.29 is 4.74 Å². The Labute approximate surface area is 135 Å². The monoisotopic (exact) mass is 347 g/mol. The van der Waals surface area contributed by atoms with Crippen LogP contribution in [-0.2, 0) is 0 Å². The molecule has 0 spiro atoms. The van der Waals surface area contributed by atoms with Crippen LogP contribution in [0.4, 0.5) is 0 Å². The molecule has 0 saturated carbocycles. The molecule has 2 aromatic rings. The van der Waals surface area contributed by atoms with Crippen LogP contribution < -0.4 is 10.1 Å². The molecule has 21 heavy (non-hydrogen) atoms. The molecule has 2 rings (SSSR count). The van der Waals surface area contributed by atoms with Crippen LogP contribution in [0, 0.1) is 0 Å². The largest absolute Gasteiger partial charge is 0.457 e. The van der Waals surface area contributed by atoms with Gasteiger partial charge in [0.05, 0.1) is 0 Å². The van der Waals surface area contributed by atoms with Crippen molar-refractivity contribution in [2.75, 3.05) is 7.05 Å². The van der Waals surface area contributed by atoms with E-state index in [1.807, 2.05) is 31.3 Å². The quantitative estimate of drug-likeness (QED) is 0.754. The molecule has 0 heterocycles. The molecular formula is C18H22BrNO. The molecule has 0 aliphatic rings. The molecule has 0 radical (unpaired) electrons. The van der Waals surface area contributed by atoms with E-state index < -0.39 is 0 Å². The molecule has 1 atom stereocenters. The van der Waals surface area contributed by atoms with E-state index in [4.69, 9.17) is 4.74 Å². The highest BCUT2D eigenvalue weighted by Gasteiger charge is 2.14. The van der Waals surface area contributed by atoms with Crippen LogP contribution in [0.3, 0.4) is 0 Å². The first-order chi connectivity index (χ1) is 10.0. The van der Waals surface area contributed by atoms with Crippen molar-refractivity contribution in [3.63, 3.8) is 0 Å². The zero-order chi connectivity index (χ0) is 15.4. The summed E-state index contributed by atoms with van der Waals surface area (Å²) in [5.41, 5.74) is 2.37. The van der Waals surface area contributed by atoms with Crippen LogP contribution in [0.5, 0.6) is 11.5 Å². The lowest BCUT2D eigenvalue weighted by Crippen LogP contribution is -2.13. The topological polar surface area (TPSA) is 21.3 Å². The summed E-state index contributed by atoms with van der Waals surface area (Å²) in [6, 6.07) is 14.6. The minimum absolute atomic E-state index is 0.226. The Hall–Kier alpha value is -1.32. The van der Waals surface area contributed by atoms with Gasteiger partial charge in [-0.25, -0.2) is 0 Å². The predicted octanol–water partition coefficient (Wildman–Crippen LogP) is 5.65. The fraction of sp³-hybridized carbons (Fsp3) is 0.333. The summed E-state index contributed by atoms with van der Waals surface area (Å²) in [7, 11) is 1.96. The lowest BCUT2D eigenvalue weighted by Gasteiger charge is -2.19. The maximum absolute atomic E-state index is 6.22. The minimum Gasteiger partial charge on any atom is -0.457 e. The number of benzene rings is 2. The average Bonchev–Trinajstić information content (AvgIpc) is 2.48. The first kappa shape index (κ1) is 16.1. The van der Waals surface area contributed by atoms with E-state index in [1.165, 1.54) is 5.56 Å². The van der Waals surface area contributed by atoms with E-state index >= 15 is 0 Å². The van der Waals surface area contributed by atoms with E-state index in [-0.39, 0.29) is 6.04 Å². The summed E-state index contributed by atoms with van der Waals surface area (Å²) in [5.74, 6) is 2.26. The molecule has 0 saturated heterocycles. The molecule has 0 fully saturated rings. The number of nitrogens with one attached hydrogen (secondary N) is 1. The highest BCUT2D eigenvalue weighted by Crippen LogP contribution is 2.35. The Morgan fingerprint density at radius 3 is 2.29 bits per heavy atom. The van der Waals surface area contributed by atoms with Crippen LogP contribution in [0.25, 0.3) is 0 Å². The number of hydrogen-bond acceptors (Lipinski definition) is 2. The highest BCUT2D eigenvalue weighted by molar-refractivity contribution is 9.10. The van der Waals surface area contributed by atoms with Crippen molar-refractivity contribution in [2.45, 2.75) is 32.7 Å². The smallest absolute Gasteiger partial charge is 0.132 e. The second-order valence-corrected chi connectivity index (χ2v) is 6.40. The van der Waals surface area contributed by atoms with Crippen LogP contribution >= 0.6 is 15.9 Å². The van der Waals surface area contributed by atoms with E-state index in [1.54, 1.807) is 0 Å².